The molecule has 0 atom stereocenters. The van der Waals surface area contributed by atoms with Gasteiger partial charge >= 0.3 is 0 Å². The first-order valence-electron chi connectivity index (χ1n) is 2.90. The Morgan fingerprint density at radius 3 is 3.00 bits per heavy atom. The van der Waals surface area contributed by atoms with Crippen molar-refractivity contribution in [2.75, 3.05) is 13.2 Å². The van der Waals surface area contributed by atoms with E-state index in [4.69, 9.17) is 9.47 Å². The Kier molecular flexibility index (Phi) is 1.27. The second-order valence-electron chi connectivity index (χ2n) is 1.90. The van der Waals surface area contributed by atoms with Crippen molar-refractivity contribution >= 4 is 11.3 Å². The number of ether oxygens (including phenoxy) is 2. The number of rotatable bonds is 0. The smallest absolute Gasteiger partial charge is 0.220 e. The lowest BCUT2D eigenvalue weighted by molar-refractivity contribution is 0.171. The van der Waals surface area contributed by atoms with Gasteiger partial charge in [0.1, 0.15) is 13.2 Å². The SMILES string of the molecule is Fc1csc2c1OCCO2. The molecule has 54 valence electrons. The number of hydrogen-bond acceptors (Lipinski definition) is 3. The van der Waals surface area contributed by atoms with Crippen LogP contribution in [0.5, 0.6) is 10.8 Å². The molecule has 4 heteroatoms. The first kappa shape index (κ1) is 5.97. The predicted molar refractivity (Wildman–Crippen MR) is 35.3 cm³/mol. The average molecular weight is 160 g/mol. The van der Waals surface area contributed by atoms with Gasteiger partial charge in [-0.1, -0.05) is 0 Å². The zero-order valence-corrected chi connectivity index (χ0v) is 5.91. The molecule has 0 saturated carbocycles. The Bertz CT molecular complexity index is 246. The Labute approximate surface area is 61.2 Å². The molecule has 0 fully saturated rings. The summed E-state index contributed by atoms with van der Waals surface area (Å²) in [7, 11) is 0. The van der Waals surface area contributed by atoms with Crippen molar-refractivity contribution in [3.05, 3.63) is 11.2 Å². The quantitative estimate of drug-likeness (QED) is 0.574. The lowest BCUT2D eigenvalue weighted by atomic mass is 10.5. The first-order valence-corrected chi connectivity index (χ1v) is 3.78. The van der Waals surface area contributed by atoms with Crippen LogP contribution in [-0.2, 0) is 0 Å². The van der Waals surface area contributed by atoms with E-state index in [-0.39, 0.29) is 11.6 Å². The van der Waals surface area contributed by atoms with Gasteiger partial charge in [0.05, 0.1) is 0 Å². The Balaban J connectivity index is 2.45. The van der Waals surface area contributed by atoms with Gasteiger partial charge < -0.3 is 9.47 Å². The minimum Gasteiger partial charge on any atom is -0.483 e. The van der Waals surface area contributed by atoms with Crippen LogP contribution in [0.15, 0.2) is 5.38 Å². The van der Waals surface area contributed by atoms with Crippen molar-refractivity contribution in [1.82, 2.24) is 0 Å². The summed E-state index contributed by atoms with van der Waals surface area (Å²) >= 11 is 1.23. The normalized spacial score (nSPS) is 15.3. The molecule has 1 aliphatic rings. The van der Waals surface area contributed by atoms with Gasteiger partial charge in [-0.2, -0.15) is 0 Å². The lowest BCUT2D eigenvalue weighted by Crippen LogP contribution is -2.14. The second kappa shape index (κ2) is 2.12. The summed E-state index contributed by atoms with van der Waals surface area (Å²) in [5.74, 6) is -0.0454. The molecular formula is C6H5FO2S. The van der Waals surface area contributed by atoms with Crippen LogP contribution in [0, 0.1) is 5.82 Å². The van der Waals surface area contributed by atoms with Gasteiger partial charge in [-0.3, -0.25) is 0 Å². The highest BCUT2D eigenvalue weighted by molar-refractivity contribution is 7.12. The summed E-state index contributed by atoms with van der Waals surface area (Å²) in [4.78, 5) is 0. The molecule has 0 N–H and O–H groups in total. The van der Waals surface area contributed by atoms with Gasteiger partial charge in [-0.15, -0.1) is 11.3 Å². The minimum absolute atomic E-state index is 0.274. The van der Waals surface area contributed by atoms with E-state index >= 15 is 0 Å². The molecule has 0 radical (unpaired) electrons. The largest absolute Gasteiger partial charge is 0.483 e. The van der Waals surface area contributed by atoms with Gasteiger partial charge in [-0.25, -0.2) is 4.39 Å². The standard InChI is InChI=1S/C6H5FO2S/c7-4-3-10-6-5(4)8-1-2-9-6/h3H,1-2H2. The van der Waals surface area contributed by atoms with Crippen LogP contribution in [-0.4, -0.2) is 13.2 Å². The van der Waals surface area contributed by atoms with Crippen molar-refractivity contribution in [3.8, 4) is 10.8 Å². The van der Waals surface area contributed by atoms with E-state index in [2.05, 4.69) is 0 Å². The Morgan fingerprint density at radius 1 is 1.40 bits per heavy atom. The molecule has 0 spiro atoms. The van der Waals surface area contributed by atoms with Crippen molar-refractivity contribution in [2.45, 2.75) is 0 Å². The fraction of sp³-hybridized carbons (Fsp3) is 0.333. The predicted octanol–water partition coefficient (Wildman–Crippen LogP) is 1.66. The fourth-order valence-electron chi connectivity index (χ4n) is 0.815. The zero-order chi connectivity index (χ0) is 6.97. The minimum atomic E-state index is -0.320. The summed E-state index contributed by atoms with van der Waals surface area (Å²) in [6, 6.07) is 0. The van der Waals surface area contributed by atoms with Gasteiger partial charge in [0, 0.05) is 5.38 Å². The van der Waals surface area contributed by atoms with Crippen LogP contribution in [0.2, 0.25) is 0 Å². The fourth-order valence-corrected chi connectivity index (χ4v) is 1.55. The molecule has 0 unspecified atom stereocenters. The molecule has 1 aromatic rings. The van der Waals surface area contributed by atoms with Crippen LogP contribution in [0.1, 0.15) is 0 Å². The van der Waals surface area contributed by atoms with Crippen molar-refractivity contribution in [1.29, 1.82) is 0 Å². The molecule has 1 aromatic heterocycles. The van der Waals surface area contributed by atoms with E-state index < -0.39 is 0 Å². The van der Waals surface area contributed by atoms with Gasteiger partial charge in [0.15, 0.2) is 5.82 Å². The Hall–Kier alpha value is -0.770. The van der Waals surface area contributed by atoms with Crippen LogP contribution in [0.25, 0.3) is 0 Å². The first-order chi connectivity index (χ1) is 4.88. The monoisotopic (exact) mass is 160 g/mol. The molecule has 0 aliphatic carbocycles. The maximum absolute atomic E-state index is 12.6. The van der Waals surface area contributed by atoms with Crippen molar-refractivity contribution in [3.63, 3.8) is 0 Å². The molecule has 10 heavy (non-hydrogen) atoms. The molecule has 2 heterocycles. The molecule has 0 saturated heterocycles. The van der Waals surface area contributed by atoms with Gasteiger partial charge in [0.25, 0.3) is 0 Å². The van der Waals surface area contributed by atoms with Crippen molar-refractivity contribution < 1.29 is 13.9 Å². The van der Waals surface area contributed by atoms with Crippen molar-refractivity contribution in [2.24, 2.45) is 0 Å². The van der Waals surface area contributed by atoms with Crippen LogP contribution in [0.3, 0.4) is 0 Å². The third kappa shape index (κ3) is 0.759. The maximum atomic E-state index is 12.6. The highest BCUT2D eigenvalue weighted by atomic mass is 32.1. The molecule has 2 rings (SSSR count). The summed E-state index contributed by atoms with van der Waals surface area (Å²) in [5.41, 5.74) is 0. The van der Waals surface area contributed by atoms with Crippen LogP contribution in [0.4, 0.5) is 4.39 Å². The van der Waals surface area contributed by atoms with E-state index in [1.54, 1.807) is 0 Å². The van der Waals surface area contributed by atoms with E-state index in [1.165, 1.54) is 16.7 Å². The zero-order valence-electron chi connectivity index (χ0n) is 5.09. The third-order valence-corrected chi connectivity index (χ3v) is 2.08. The number of halogens is 1. The highest BCUT2D eigenvalue weighted by Gasteiger charge is 2.17. The number of thiophene rings is 1. The molecule has 2 nitrogen and oxygen atoms in total. The summed E-state index contributed by atoms with van der Waals surface area (Å²) in [6.45, 7) is 0.966. The third-order valence-electron chi connectivity index (χ3n) is 1.23. The van der Waals surface area contributed by atoms with E-state index in [1.807, 2.05) is 0 Å². The highest BCUT2D eigenvalue weighted by Crippen LogP contribution is 2.38. The molecule has 0 aromatic carbocycles. The topological polar surface area (TPSA) is 18.5 Å². The van der Waals surface area contributed by atoms with Gasteiger partial charge in [-0.05, 0) is 0 Å². The summed E-state index contributed by atoms with van der Waals surface area (Å²) < 4.78 is 22.7. The number of hydrogen-bond donors (Lipinski definition) is 0. The molecule has 0 bridgehead atoms. The maximum Gasteiger partial charge on any atom is 0.220 e. The van der Waals surface area contributed by atoms with Crippen LogP contribution < -0.4 is 9.47 Å². The molecular weight excluding hydrogens is 155 g/mol. The number of fused-ring (bicyclic) bond motifs is 1. The lowest BCUT2D eigenvalue weighted by Gasteiger charge is -2.13. The van der Waals surface area contributed by atoms with E-state index in [0.717, 1.165) is 0 Å². The second-order valence-corrected chi connectivity index (χ2v) is 2.74. The summed E-state index contributed by atoms with van der Waals surface area (Å²) in [6.07, 6.45) is 0. The average Bonchev–Trinajstić information content (AvgIpc) is 2.34. The molecule has 0 amide bonds. The summed E-state index contributed by atoms with van der Waals surface area (Å²) in [5, 5.41) is 1.94. The van der Waals surface area contributed by atoms with E-state index in [0.29, 0.717) is 18.3 Å². The molecule has 1 aliphatic heterocycles. The van der Waals surface area contributed by atoms with Gasteiger partial charge in [0.2, 0.25) is 10.8 Å². The van der Waals surface area contributed by atoms with Crippen LogP contribution >= 0.6 is 11.3 Å². The Morgan fingerprint density at radius 2 is 2.20 bits per heavy atom. The van der Waals surface area contributed by atoms with E-state index in [9.17, 15) is 4.39 Å².